The Morgan fingerprint density at radius 1 is 1.20 bits per heavy atom. The van der Waals surface area contributed by atoms with Crippen molar-refractivity contribution in [2.24, 2.45) is 5.41 Å². The molecule has 4 heteroatoms. The number of carbonyl (C=O) groups excluding carboxylic acids is 1. The molecular formula is C21H27NO3. The van der Waals surface area contributed by atoms with Crippen LogP contribution in [0.15, 0.2) is 42.5 Å². The molecule has 1 atom stereocenters. The van der Waals surface area contributed by atoms with E-state index in [-0.39, 0.29) is 17.9 Å². The Morgan fingerprint density at radius 2 is 2.04 bits per heavy atom. The number of nitrogens with one attached hydrogen (secondary N) is 1. The van der Waals surface area contributed by atoms with E-state index in [2.05, 4.69) is 41.7 Å². The molecule has 0 radical (unpaired) electrons. The normalized spacial score (nSPS) is 20.0. The van der Waals surface area contributed by atoms with E-state index < -0.39 is 0 Å². The Kier molecular flexibility index (Phi) is 6.05. The highest BCUT2D eigenvalue weighted by Crippen LogP contribution is 2.31. The number of rotatable bonds is 8. The molecular weight excluding hydrogens is 314 g/mol. The fraction of sp³-hybridized carbons (Fsp3) is 0.476. The molecule has 2 N–H and O–H groups in total. The van der Waals surface area contributed by atoms with Crippen molar-refractivity contribution in [3.8, 4) is 0 Å². The third kappa shape index (κ3) is 4.80. The van der Waals surface area contributed by atoms with Gasteiger partial charge in [-0.1, -0.05) is 42.5 Å². The zero-order chi connectivity index (χ0) is 17.5. The van der Waals surface area contributed by atoms with Crippen LogP contribution in [-0.4, -0.2) is 37.4 Å². The Bertz CT molecular complexity index is 707. The third-order valence-corrected chi connectivity index (χ3v) is 5.17. The average Bonchev–Trinajstić information content (AvgIpc) is 3.09. The minimum Gasteiger partial charge on any atom is -0.396 e. The standard InChI is InChI=1S/C21H27NO3/c23-12-10-21(11-13-25-16-21)15-22-20(24)7-3-4-17-8-9-18-5-1-2-6-19(18)14-17/h1-2,5-6,8-9,14,23H,3-4,7,10-13,15-16H2,(H,22,24). The van der Waals surface area contributed by atoms with Crippen LogP contribution in [0.3, 0.4) is 0 Å². The van der Waals surface area contributed by atoms with Gasteiger partial charge >= 0.3 is 0 Å². The molecule has 1 fully saturated rings. The quantitative estimate of drug-likeness (QED) is 0.776. The van der Waals surface area contributed by atoms with Crippen molar-refractivity contribution in [1.29, 1.82) is 0 Å². The molecule has 1 aliphatic rings. The van der Waals surface area contributed by atoms with E-state index in [1.807, 2.05) is 6.07 Å². The molecule has 0 bridgehead atoms. The summed E-state index contributed by atoms with van der Waals surface area (Å²) in [5.74, 6) is 0.0880. The summed E-state index contributed by atoms with van der Waals surface area (Å²) in [4.78, 5) is 12.1. The van der Waals surface area contributed by atoms with Crippen LogP contribution in [0, 0.1) is 5.41 Å². The van der Waals surface area contributed by atoms with E-state index in [0.29, 0.717) is 26.0 Å². The molecule has 2 aromatic rings. The maximum absolute atomic E-state index is 12.1. The van der Waals surface area contributed by atoms with E-state index >= 15 is 0 Å². The smallest absolute Gasteiger partial charge is 0.220 e. The van der Waals surface area contributed by atoms with Gasteiger partial charge in [0.05, 0.1) is 6.61 Å². The molecule has 0 spiro atoms. The van der Waals surface area contributed by atoms with Crippen LogP contribution in [-0.2, 0) is 16.0 Å². The molecule has 2 aromatic carbocycles. The lowest BCUT2D eigenvalue weighted by molar-refractivity contribution is -0.121. The molecule has 3 rings (SSSR count). The number of aliphatic hydroxyl groups excluding tert-OH is 1. The van der Waals surface area contributed by atoms with Gasteiger partial charge in [0.15, 0.2) is 0 Å². The van der Waals surface area contributed by atoms with Crippen LogP contribution >= 0.6 is 0 Å². The monoisotopic (exact) mass is 341 g/mol. The van der Waals surface area contributed by atoms with Crippen LogP contribution < -0.4 is 5.32 Å². The summed E-state index contributed by atoms with van der Waals surface area (Å²) >= 11 is 0. The number of aliphatic hydroxyl groups is 1. The van der Waals surface area contributed by atoms with Gasteiger partial charge in [0.1, 0.15) is 0 Å². The fourth-order valence-electron chi connectivity index (χ4n) is 3.53. The van der Waals surface area contributed by atoms with Crippen molar-refractivity contribution in [3.63, 3.8) is 0 Å². The topological polar surface area (TPSA) is 58.6 Å². The average molecular weight is 341 g/mol. The van der Waals surface area contributed by atoms with Gasteiger partial charge < -0.3 is 15.2 Å². The van der Waals surface area contributed by atoms with Crippen molar-refractivity contribution in [3.05, 3.63) is 48.0 Å². The number of benzene rings is 2. The summed E-state index contributed by atoms with van der Waals surface area (Å²) in [5, 5.41) is 14.8. The van der Waals surface area contributed by atoms with Gasteiger partial charge in [0.25, 0.3) is 0 Å². The first-order valence-corrected chi connectivity index (χ1v) is 9.14. The van der Waals surface area contributed by atoms with Gasteiger partial charge in [-0.3, -0.25) is 4.79 Å². The minimum absolute atomic E-state index is 0.0806. The Balaban J connectivity index is 1.44. The predicted molar refractivity (Wildman–Crippen MR) is 99.5 cm³/mol. The van der Waals surface area contributed by atoms with Crippen LogP contribution in [0.25, 0.3) is 10.8 Å². The number of ether oxygens (including phenoxy) is 1. The van der Waals surface area contributed by atoms with E-state index in [1.54, 1.807) is 0 Å². The number of hydrogen-bond acceptors (Lipinski definition) is 3. The molecule has 1 unspecified atom stereocenters. The van der Waals surface area contributed by atoms with E-state index in [1.165, 1.54) is 16.3 Å². The molecule has 1 amide bonds. The Morgan fingerprint density at radius 3 is 2.80 bits per heavy atom. The number of hydrogen-bond donors (Lipinski definition) is 2. The van der Waals surface area contributed by atoms with Crippen molar-refractivity contribution < 1.29 is 14.6 Å². The van der Waals surface area contributed by atoms with Gasteiger partial charge in [-0.25, -0.2) is 0 Å². The Hall–Kier alpha value is -1.91. The lowest BCUT2D eigenvalue weighted by Gasteiger charge is -2.26. The van der Waals surface area contributed by atoms with Gasteiger partial charge in [0.2, 0.25) is 5.91 Å². The van der Waals surface area contributed by atoms with E-state index in [4.69, 9.17) is 4.74 Å². The first kappa shape index (κ1) is 17.9. The van der Waals surface area contributed by atoms with Crippen molar-refractivity contribution in [1.82, 2.24) is 5.32 Å². The second-order valence-corrected chi connectivity index (χ2v) is 7.09. The van der Waals surface area contributed by atoms with E-state index in [9.17, 15) is 9.90 Å². The first-order chi connectivity index (χ1) is 12.2. The molecule has 25 heavy (non-hydrogen) atoms. The summed E-state index contributed by atoms with van der Waals surface area (Å²) < 4.78 is 5.46. The highest BCUT2D eigenvalue weighted by atomic mass is 16.5. The second kappa shape index (κ2) is 8.45. The highest BCUT2D eigenvalue weighted by molar-refractivity contribution is 5.83. The zero-order valence-corrected chi connectivity index (χ0v) is 14.7. The zero-order valence-electron chi connectivity index (χ0n) is 14.7. The molecule has 0 aromatic heterocycles. The van der Waals surface area contributed by atoms with Gasteiger partial charge in [0, 0.05) is 31.6 Å². The SMILES string of the molecule is O=C(CCCc1ccc2ccccc2c1)NCC1(CCO)CCOC1. The molecule has 0 saturated carbocycles. The molecule has 1 aliphatic heterocycles. The van der Waals surface area contributed by atoms with E-state index in [0.717, 1.165) is 25.9 Å². The minimum atomic E-state index is -0.0806. The van der Waals surface area contributed by atoms with Crippen LogP contribution in [0.5, 0.6) is 0 Å². The van der Waals surface area contributed by atoms with Crippen molar-refractivity contribution in [2.75, 3.05) is 26.4 Å². The fourth-order valence-corrected chi connectivity index (χ4v) is 3.53. The number of amides is 1. The summed E-state index contributed by atoms with van der Waals surface area (Å²) in [6.07, 6.45) is 3.87. The van der Waals surface area contributed by atoms with Crippen molar-refractivity contribution >= 4 is 16.7 Å². The van der Waals surface area contributed by atoms with Crippen LogP contribution in [0.1, 0.15) is 31.2 Å². The lowest BCUT2D eigenvalue weighted by Crippen LogP contribution is -2.38. The summed E-state index contributed by atoms with van der Waals surface area (Å²) in [6.45, 7) is 2.09. The number of carbonyl (C=O) groups is 1. The van der Waals surface area contributed by atoms with Gasteiger partial charge in [-0.05, 0) is 42.0 Å². The molecule has 4 nitrogen and oxygen atoms in total. The largest absolute Gasteiger partial charge is 0.396 e. The van der Waals surface area contributed by atoms with Crippen molar-refractivity contribution in [2.45, 2.75) is 32.1 Å². The first-order valence-electron chi connectivity index (χ1n) is 9.14. The molecule has 134 valence electrons. The number of fused-ring (bicyclic) bond motifs is 1. The number of aryl methyl sites for hydroxylation is 1. The van der Waals surface area contributed by atoms with Crippen LogP contribution in [0.2, 0.25) is 0 Å². The lowest BCUT2D eigenvalue weighted by atomic mass is 9.84. The molecule has 1 heterocycles. The molecule has 0 aliphatic carbocycles. The predicted octanol–water partition coefficient (Wildman–Crippen LogP) is 3.07. The highest BCUT2D eigenvalue weighted by Gasteiger charge is 2.34. The maximum atomic E-state index is 12.1. The third-order valence-electron chi connectivity index (χ3n) is 5.17. The van der Waals surface area contributed by atoms with Crippen LogP contribution in [0.4, 0.5) is 0 Å². The summed E-state index contributed by atoms with van der Waals surface area (Å²) in [7, 11) is 0. The molecule has 1 saturated heterocycles. The van der Waals surface area contributed by atoms with Gasteiger partial charge in [-0.15, -0.1) is 0 Å². The van der Waals surface area contributed by atoms with Gasteiger partial charge in [-0.2, -0.15) is 0 Å². The summed E-state index contributed by atoms with van der Waals surface area (Å²) in [5.41, 5.74) is 1.19. The second-order valence-electron chi connectivity index (χ2n) is 7.09. The summed E-state index contributed by atoms with van der Waals surface area (Å²) in [6, 6.07) is 14.8. The maximum Gasteiger partial charge on any atom is 0.220 e. The Labute approximate surface area is 149 Å².